The zero-order valence-electron chi connectivity index (χ0n) is 17.1. The molecule has 0 saturated carbocycles. The fraction of sp³-hybridized carbons (Fsp3) is 0.0800. The summed E-state index contributed by atoms with van der Waals surface area (Å²) in [5.74, 6) is -1.22. The molecular formula is C25H14F3NO4. The third kappa shape index (κ3) is 4.08. The number of ketones is 2. The summed E-state index contributed by atoms with van der Waals surface area (Å²) in [5, 5.41) is 8.90. The van der Waals surface area contributed by atoms with Crippen LogP contribution >= 0.6 is 0 Å². The number of alkyl halides is 3. The molecule has 0 aromatic heterocycles. The molecule has 0 fully saturated rings. The van der Waals surface area contributed by atoms with Gasteiger partial charge < -0.3 is 9.47 Å². The second-order valence-corrected chi connectivity index (χ2v) is 7.09. The van der Waals surface area contributed by atoms with Crippen molar-refractivity contribution in [2.75, 3.05) is 7.11 Å². The van der Waals surface area contributed by atoms with E-state index in [4.69, 9.17) is 14.7 Å². The lowest BCUT2D eigenvalue weighted by Crippen LogP contribution is -2.08. The van der Waals surface area contributed by atoms with Crippen LogP contribution < -0.4 is 9.47 Å². The van der Waals surface area contributed by atoms with Crippen LogP contribution in [0.3, 0.4) is 0 Å². The molecule has 33 heavy (non-hydrogen) atoms. The van der Waals surface area contributed by atoms with Gasteiger partial charge in [0.2, 0.25) is 0 Å². The number of hydrogen-bond donors (Lipinski definition) is 0. The summed E-state index contributed by atoms with van der Waals surface area (Å²) in [4.78, 5) is 25.2. The summed E-state index contributed by atoms with van der Waals surface area (Å²) >= 11 is 0. The maximum atomic E-state index is 13.4. The van der Waals surface area contributed by atoms with E-state index in [1.807, 2.05) is 0 Å². The van der Waals surface area contributed by atoms with Gasteiger partial charge in [0.15, 0.2) is 23.1 Å². The molecule has 0 unspecified atom stereocenters. The van der Waals surface area contributed by atoms with Gasteiger partial charge in [0.25, 0.3) is 0 Å². The molecule has 0 radical (unpaired) electrons. The van der Waals surface area contributed by atoms with Crippen LogP contribution in [0.2, 0.25) is 0 Å². The van der Waals surface area contributed by atoms with Crippen molar-refractivity contribution in [2.24, 2.45) is 0 Å². The molecule has 0 N–H and O–H groups in total. The van der Waals surface area contributed by atoms with Gasteiger partial charge in [-0.05, 0) is 42.0 Å². The van der Waals surface area contributed by atoms with E-state index < -0.39 is 29.1 Å². The van der Waals surface area contributed by atoms with E-state index >= 15 is 0 Å². The van der Waals surface area contributed by atoms with Crippen molar-refractivity contribution < 1.29 is 32.2 Å². The molecule has 0 amide bonds. The molecule has 5 nitrogen and oxygen atoms in total. The van der Waals surface area contributed by atoms with E-state index in [0.717, 1.165) is 6.07 Å². The maximum Gasteiger partial charge on any atom is 0.420 e. The highest BCUT2D eigenvalue weighted by atomic mass is 19.4. The van der Waals surface area contributed by atoms with E-state index in [0.29, 0.717) is 22.8 Å². The zero-order chi connectivity index (χ0) is 23.8. The monoisotopic (exact) mass is 449 g/mol. The van der Waals surface area contributed by atoms with Crippen LogP contribution in [0.1, 0.15) is 37.4 Å². The van der Waals surface area contributed by atoms with Gasteiger partial charge in [-0.1, -0.05) is 30.3 Å². The number of Topliss-reactive ketones (excluding diaryl/α,β-unsaturated/α-hetero) is 2. The molecule has 8 heteroatoms. The number of carbonyl (C=O) groups excluding carboxylic acids is 2. The fourth-order valence-electron chi connectivity index (χ4n) is 3.46. The Hall–Kier alpha value is -4.38. The Morgan fingerprint density at radius 1 is 0.879 bits per heavy atom. The van der Waals surface area contributed by atoms with Crippen molar-refractivity contribution >= 4 is 17.6 Å². The van der Waals surface area contributed by atoms with Gasteiger partial charge in [-0.3, -0.25) is 9.59 Å². The molecular weight excluding hydrogens is 435 g/mol. The predicted molar refractivity (Wildman–Crippen MR) is 112 cm³/mol. The Kier molecular flexibility index (Phi) is 5.48. The standard InChI is InChI=1S/C25H14F3NO4/c1-32-22-12-14(10-18-23(30)16-4-2-3-5-17(16)24(18)31)6-9-21(22)33-20-8-7-15(13-29)11-19(20)25(26,27)28/h2-12H,1H3. The average molecular weight is 449 g/mol. The first kappa shape index (κ1) is 21.8. The maximum absolute atomic E-state index is 13.4. The molecule has 3 aromatic carbocycles. The van der Waals surface area contributed by atoms with Gasteiger partial charge in [0, 0.05) is 11.1 Å². The van der Waals surface area contributed by atoms with Crippen LogP contribution in [-0.2, 0) is 6.18 Å². The molecule has 0 atom stereocenters. The number of fused-ring (bicyclic) bond motifs is 1. The van der Waals surface area contributed by atoms with E-state index in [2.05, 4.69) is 0 Å². The quantitative estimate of drug-likeness (QED) is 0.369. The number of methoxy groups -OCH3 is 1. The number of halogens is 3. The molecule has 0 aliphatic heterocycles. The number of ether oxygens (including phenoxy) is 2. The zero-order valence-corrected chi connectivity index (χ0v) is 17.1. The molecule has 1 aliphatic rings. The Morgan fingerprint density at radius 3 is 2.09 bits per heavy atom. The molecule has 0 heterocycles. The summed E-state index contributed by atoms with van der Waals surface area (Å²) < 4.78 is 51.0. The first-order valence-corrected chi connectivity index (χ1v) is 9.60. The number of carbonyl (C=O) groups is 2. The number of benzene rings is 3. The normalized spacial score (nSPS) is 12.9. The molecule has 0 spiro atoms. The van der Waals surface area contributed by atoms with E-state index in [1.165, 1.54) is 37.5 Å². The smallest absolute Gasteiger partial charge is 0.420 e. The highest BCUT2D eigenvalue weighted by Gasteiger charge is 2.35. The van der Waals surface area contributed by atoms with E-state index in [1.54, 1.807) is 30.3 Å². The first-order chi connectivity index (χ1) is 15.7. The third-order valence-electron chi connectivity index (χ3n) is 5.04. The summed E-state index contributed by atoms with van der Waals surface area (Å²) in [5.41, 5.74) is -0.203. The van der Waals surface area contributed by atoms with Crippen molar-refractivity contribution in [1.82, 2.24) is 0 Å². The van der Waals surface area contributed by atoms with Gasteiger partial charge in [-0.2, -0.15) is 18.4 Å². The van der Waals surface area contributed by atoms with Crippen LogP contribution in [0.5, 0.6) is 17.2 Å². The van der Waals surface area contributed by atoms with Crippen molar-refractivity contribution in [3.8, 4) is 23.3 Å². The van der Waals surface area contributed by atoms with Crippen LogP contribution in [0.4, 0.5) is 13.2 Å². The highest BCUT2D eigenvalue weighted by Crippen LogP contribution is 2.41. The largest absolute Gasteiger partial charge is 0.493 e. The lowest BCUT2D eigenvalue weighted by molar-refractivity contribution is -0.138. The topological polar surface area (TPSA) is 76.4 Å². The van der Waals surface area contributed by atoms with Crippen LogP contribution in [-0.4, -0.2) is 18.7 Å². The lowest BCUT2D eigenvalue weighted by Gasteiger charge is -2.16. The summed E-state index contributed by atoms with van der Waals surface area (Å²) in [6.07, 6.45) is -3.34. The lowest BCUT2D eigenvalue weighted by atomic mass is 10.1. The average Bonchev–Trinajstić information content (AvgIpc) is 3.04. The van der Waals surface area contributed by atoms with Crippen molar-refractivity contribution in [3.63, 3.8) is 0 Å². The highest BCUT2D eigenvalue weighted by molar-refractivity contribution is 6.41. The molecule has 164 valence electrons. The number of nitrogens with zero attached hydrogens (tertiary/aromatic N) is 1. The number of rotatable bonds is 4. The van der Waals surface area contributed by atoms with Gasteiger partial charge in [0.1, 0.15) is 5.75 Å². The van der Waals surface area contributed by atoms with Crippen LogP contribution in [0, 0.1) is 11.3 Å². The Balaban J connectivity index is 1.69. The molecule has 0 saturated heterocycles. The first-order valence-electron chi connectivity index (χ1n) is 9.60. The van der Waals surface area contributed by atoms with Gasteiger partial charge in [-0.15, -0.1) is 0 Å². The van der Waals surface area contributed by atoms with Gasteiger partial charge in [0.05, 0.1) is 29.9 Å². The van der Waals surface area contributed by atoms with Crippen molar-refractivity contribution in [1.29, 1.82) is 5.26 Å². The summed E-state index contributed by atoms with van der Waals surface area (Å²) in [6, 6.07) is 15.4. The minimum absolute atomic E-state index is 0.0118. The second-order valence-electron chi connectivity index (χ2n) is 7.09. The summed E-state index contributed by atoms with van der Waals surface area (Å²) in [6.45, 7) is 0. The number of allylic oxidation sites excluding steroid dienone is 1. The molecule has 1 aliphatic carbocycles. The minimum atomic E-state index is -4.74. The Morgan fingerprint density at radius 2 is 1.52 bits per heavy atom. The summed E-state index contributed by atoms with van der Waals surface area (Å²) in [7, 11) is 1.31. The number of hydrogen-bond acceptors (Lipinski definition) is 5. The van der Waals surface area contributed by atoms with Crippen LogP contribution in [0.25, 0.3) is 6.08 Å². The van der Waals surface area contributed by atoms with Crippen LogP contribution in [0.15, 0.2) is 66.2 Å². The number of nitriles is 1. The minimum Gasteiger partial charge on any atom is -0.493 e. The van der Waals surface area contributed by atoms with Gasteiger partial charge in [-0.25, -0.2) is 0 Å². The molecule has 0 bridgehead atoms. The Labute approximate surface area is 186 Å². The SMILES string of the molecule is COc1cc(C=C2C(=O)c3ccccc3C2=O)ccc1Oc1ccc(C#N)cc1C(F)(F)F. The van der Waals surface area contributed by atoms with Crippen molar-refractivity contribution in [3.05, 3.63) is 94.1 Å². The van der Waals surface area contributed by atoms with Crippen molar-refractivity contribution in [2.45, 2.75) is 6.18 Å². The predicted octanol–water partition coefficient (Wildman–Crippen LogP) is 5.84. The Bertz CT molecular complexity index is 1330. The molecule has 3 aromatic rings. The second kappa shape index (κ2) is 8.28. The van der Waals surface area contributed by atoms with Gasteiger partial charge >= 0.3 is 6.18 Å². The van der Waals surface area contributed by atoms with E-state index in [-0.39, 0.29) is 22.6 Å². The molecule has 4 rings (SSSR count). The third-order valence-corrected chi connectivity index (χ3v) is 5.04. The fourth-order valence-corrected chi connectivity index (χ4v) is 3.46. The van der Waals surface area contributed by atoms with E-state index in [9.17, 15) is 22.8 Å².